The minimum atomic E-state index is -3.45. The van der Waals surface area contributed by atoms with Crippen molar-refractivity contribution in [1.82, 2.24) is 5.43 Å². The monoisotopic (exact) mass is 390 g/mol. The molecule has 0 radical (unpaired) electrons. The fraction of sp³-hybridized carbons (Fsp3) is 0.429. The van der Waals surface area contributed by atoms with Gasteiger partial charge in [-0.2, -0.15) is 0 Å². The molecule has 6 heteroatoms. The molecule has 0 amide bonds. The van der Waals surface area contributed by atoms with Gasteiger partial charge in [0.1, 0.15) is 0 Å². The molecule has 148 valence electrons. The summed E-state index contributed by atoms with van der Waals surface area (Å²) in [7, 11) is -3.45. The van der Waals surface area contributed by atoms with E-state index in [4.69, 9.17) is 0 Å². The average Bonchev–Trinajstić information content (AvgIpc) is 2.66. The van der Waals surface area contributed by atoms with Crippen LogP contribution in [-0.4, -0.2) is 26.3 Å². The second kappa shape index (κ2) is 10.4. The lowest BCUT2D eigenvalue weighted by Gasteiger charge is -2.23. The molecule has 2 aromatic carbocycles. The lowest BCUT2D eigenvalue weighted by molar-refractivity contribution is 0.164. The van der Waals surface area contributed by atoms with Crippen molar-refractivity contribution < 1.29 is 13.5 Å². The molecule has 0 saturated carbocycles. The minimum Gasteiger partial charge on any atom is -0.388 e. The Balaban J connectivity index is 1.97. The maximum absolute atomic E-state index is 12.2. The third-order valence-corrected chi connectivity index (χ3v) is 5.42. The van der Waals surface area contributed by atoms with Crippen molar-refractivity contribution in [2.75, 3.05) is 17.2 Å². The summed E-state index contributed by atoms with van der Waals surface area (Å²) in [5, 5.41) is 10.2. The molecule has 2 N–H and O–H groups in total. The molecule has 0 fully saturated rings. The van der Waals surface area contributed by atoms with E-state index in [9.17, 15) is 13.5 Å². The molecule has 0 aliphatic carbocycles. The van der Waals surface area contributed by atoms with Crippen LogP contribution in [0.15, 0.2) is 54.6 Å². The molecule has 0 spiro atoms. The molecule has 0 saturated heterocycles. The number of unbranched alkanes of at least 4 members (excludes halogenated alkanes) is 1. The third kappa shape index (κ3) is 6.97. The number of aryl methyl sites for hydroxylation is 1. The van der Waals surface area contributed by atoms with Crippen molar-refractivity contribution in [2.45, 2.75) is 45.1 Å². The van der Waals surface area contributed by atoms with Crippen LogP contribution in [0.3, 0.4) is 0 Å². The maximum Gasteiger partial charge on any atom is 0.245 e. The zero-order valence-electron chi connectivity index (χ0n) is 16.1. The van der Waals surface area contributed by atoms with Gasteiger partial charge >= 0.3 is 0 Å². The highest BCUT2D eigenvalue weighted by atomic mass is 32.2. The summed E-state index contributed by atoms with van der Waals surface area (Å²) in [4.78, 5) is 0. The molecule has 0 heterocycles. The minimum absolute atomic E-state index is 0.510. The van der Waals surface area contributed by atoms with Crippen molar-refractivity contribution >= 4 is 15.7 Å². The summed E-state index contributed by atoms with van der Waals surface area (Å²) in [6.45, 7) is 2.63. The first-order chi connectivity index (χ1) is 12.9. The van der Waals surface area contributed by atoms with Gasteiger partial charge < -0.3 is 5.11 Å². The summed E-state index contributed by atoms with van der Waals surface area (Å²) in [6.07, 6.45) is 5.08. The van der Waals surface area contributed by atoms with Gasteiger partial charge in [0.2, 0.25) is 10.0 Å². The number of nitrogens with one attached hydrogen (secondary N) is 1. The number of hydrogen-bond donors (Lipinski definition) is 2. The topological polar surface area (TPSA) is 69.6 Å². The second-order valence-corrected chi connectivity index (χ2v) is 8.61. The van der Waals surface area contributed by atoms with E-state index >= 15 is 0 Å². The Bertz CT molecular complexity index is 777. The fourth-order valence-electron chi connectivity index (χ4n) is 2.91. The molecule has 0 aliphatic heterocycles. The van der Waals surface area contributed by atoms with E-state index in [-0.39, 0.29) is 0 Å². The maximum atomic E-state index is 12.2. The van der Waals surface area contributed by atoms with Crippen LogP contribution in [0.4, 0.5) is 5.69 Å². The van der Waals surface area contributed by atoms with Crippen molar-refractivity contribution in [3.8, 4) is 0 Å². The van der Waals surface area contributed by atoms with E-state index in [0.717, 1.165) is 31.2 Å². The molecule has 2 rings (SSSR count). The molecule has 0 aromatic heterocycles. The van der Waals surface area contributed by atoms with Gasteiger partial charge in [0.05, 0.1) is 18.0 Å². The third-order valence-electron chi connectivity index (χ3n) is 4.42. The van der Waals surface area contributed by atoms with Gasteiger partial charge in [0.25, 0.3) is 0 Å². The molecule has 1 unspecified atom stereocenters. The summed E-state index contributed by atoms with van der Waals surface area (Å²) in [5.41, 5.74) is 5.60. The largest absolute Gasteiger partial charge is 0.388 e. The summed E-state index contributed by atoms with van der Waals surface area (Å²) >= 11 is 0. The number of anilines is 1. The van der Waals surface area contributed by atoms with Crippen molar-refractivity contribution in [3.05, 3.63) is 65.7 Å². The van der Waals surface area contributed by atoms with Crippen LogP contribution in [0.25, 0.3) is 0 Å². The Hall–Kier alpha value is -1.89. The van der Waals surface area contributed by atoms with Gasteiger partial charge in [0, 0.05) is 6.54 Å². The fourth-order valence-corrected chi connectivity index (χ4v) is 3.74. The number of benzene rings is 2. The molecular formula is C21H30N2O3S. The number of aliphatic hydroxyl groups is 1. The van der Waals surface area contributed by atoms with Crippen molar-refractivity contribution in [2.24, 2.45) is 0 Å². The predicted octanol–water partition coefficient (Wildman–Crippen LogP) is 3.81. The predicted molar refractivity (Wildman–Crippen MR) is 111 cm³/mol. The first-order valence-corrected chi connectivity index (χ1v) is 11.3. The highest BCUT2D eigenvalue weighted by Gasteiger charge is 2.17. The Kier molecular flexibility index (Phi) is 8.28. The van der Waals surface area contributed by atoms with E-state index in [0.29, 0.717) is 18.7 Å². The van der Waals surface area contributed by atoms with Gasteiger partial charge in [-0.25, -0.2) is 18.3 Å². The van der Waals surface area contributed by atoms with Crippen LogP contribution < -0.4 is 9.84 Å². The number of sulfonamides is 1. The van der Waals surface area contributed by atoms with E-state index in [2.05, 4.69) is 24.5 Å². The Morgan fingerprint density at radius 1 is 1.04 bits per heavy atom. The zero-order chi connectivity index (χ0) is 19.7. The van der Waals surface area contributed by atoms with Crippen LogP contribution >= 0.6 is 0 Å². The Morgan fingerprint density at radius 3 is 2.30 bits per heavy atom. The SMILES string of the molecule is CCCCC(O)c1ccc(N(NCCCc2ccccc2)S(C)(=O)=O)cc1. The first-order valence-electron chi connectivity index (χ1n) is 9.47. The molecular weight excluding hydrogens is 360 g/mol. The molecule has 1 atom stereocenters. The summed E-state index contributed by atoms with van der Waals surface area (Å²) < 4.78 is 25.5. The second-order valence-electron chi connectivity index (χ2n) is 6.77. The van der Waals surface area contributed by atoms with Gasteiger partial charge in [-0.1, -0.05) is 62.2 Å². The van der Waals surface area contributed by atoms with Crippen LogP contribution in [0.5, 0.6) is 0 Å². The summed E-state index contributed by atoms with van der Waals surface area (Å²) in [5.74, 6) is 0. The van der Waals surface area contributed by atoms with Crippen LogP contribution in [0, 0.1) is 0 Å². The van der Waals surface area contributed by atoms with Gasteiger partial charge in [-0.3, -0.25) is 0 Å². The molecule has 5 nitrogen and oxygen atoms in total. The number of hydrogen-bond acceptors (Lipinski definition) is 4. The molecule has 0 bridgehead atoms. The zero-order valence-corrected chi connectivity index (χ0v) is 17.0. The van der Waals surface area contributed by atoms with Gasteiger partial charge in [-0.15, -0.1) is 0 Å². The number of aliphatic hydroxyl groups excluding tert-OH is 1. The number of hydrazine groups is 1. The number of nitrogens with zero attached hydrogens (tertiary/aromatic N) is 1. The highest BCUT2D eigenvalue weighted by Crippen LogP contribution is 2.23. The lowest BCUT2D eigenvalue weighted by Crippen LogP contribution is -2.43. The van der Waals surface area contributed by atoms with E-state index in [1.165, 1.54) is 16.2 Å². The molecule has 0 aliphatic rings. The highest BCUT2D eigenvalue weighted by molar-refractivity contribution is 7.92. The van der Waals surface area contributed by atoms with Gasteiger partial charge in [0.15, 0.2) is 0 Å². The molecule has 27 heavy (non-hydrogen) atoms. The smallest absolute Gasteiger partial charge is 0.245 e. The van der Waals surface area contributed by atoms with E-state index < -0.39 is 16.1 Å². The summed E-state index contributed by atoms with van der Waals surface area (Å²) in [6, 6.07) is 17.2. The Labute approximate surface area is 163 Å². The average molecular weight is 391 g/mol. The first kappa shape index (κ1) is 21.4. The quantitative estimate of drug-likeness (QED) is 0.452. The Morgan fingerprint density at radius 2 is 1.70 bits per heavy atom. The van der Waals surface area contributed by atoms with Crippen LogP contribution in [0.1, 0.15) is 49.8 Å². The van der Waals surface area contributed by atoms with Crippen LogP contribution in [0.2, 0.25) is 0 Å². The number of rotatable bonds is 11. The molecule has 2 aromatic rings. The van der Waals surface area contributed by atoms with E-state index in [1.807, 2.05) is 18.2 Å². The van der Waals surface area contributed by atoms with Crippen molar-refractivity contribution in [3.63, 3.8) is 0 Å². The standard InChI is InChI=1S/C21H30N2O3S/c1-3-4-12-21(24)19-13-15-20(16-14-19)23(27(2,25)26)22-17-8-11-18-9-6-5-7-10-18/h5-7,9-10,13-16,21-22,24H,3-4,8,11-12,17H2,1-2H3. The van der Waals surface area contributed by atoms with Crippen LogP contribution in [-0.2, 0) is 16.4 Å². The lowest BCUT2D eigenvalue weighted by atomic mass is 10.0. The normalized spacial score (nSPS) is 12.7. The van der Waals surface area contributed by atoms with Gasteiger partial charge in [-0.05, 0) is 42.5 Å². The van der Waals surface area contributed by atoms with E-state index in [1.54, 1.807) is 24.3 Å². The van der Waals surface area contributed by atoms with Crippen molar-refractivity contribution in [1.29, 1.82) is 0 Å².